The van der Waals surface area contributed by atoms with E-state index < -0.39 is 0 Å². The van der Waals surface area contributed by atoms with E-state index in [9.17, 15) is 5.11 Å². The molecule has 2 saturated carbocycles. The van der Waals surface area contributed by atoms with Gasteiger partial charge in [0.2, 0.25) is 0 Å². The van der Waals surface area contributed by atoms with Crippen molar-refractivity contribution in [3.63, 3.8) is 0 Å². The van der Waals surface area contributed by atoms with Crippen molar-refractivity contribution in [1.29, 1.82) is 0 Å². The molecule has 4 unspecified atom stereocenters. The van der Waals surface area contributed by atoms with Crippen LogP contribution >= 0.6 is 0 Å². The average molecular weight is 266 g/mol. The first kappa shape index (κ1) is 15.4. The summed E-state index contributed by atoms with van der Waals surface area (Å²) in [5.74, 6) is 2.88. The summed E-state index contributed by atoms with van der Waals surface area (Å²) in [4.78, 5) is 0. The van der Waals surface area contributed by atoms with Gasteiger partial charge in [0.25, 0.3) is 0 Å². The summed E-state index contributed by atoms with van der Waals surface area (Å²) in [7, 11) is 0. The number of rotatable bonds is 10. The lowest BCUT2D eigenvalue weighted by molar-refractivity contribution is 0.114. The number of hydrogen-bond donors (Lipinski definition) is 1. The summed E-state index contributed by atoms with van der Waals surface area (Å²) in [5.41, 5.74) is 0. The minimum absolute atomic E-state index is 0.00000758. The summed E-state index contributed by atoms with van der Waals surface area (Å²) < 4.78 is 0. The molecule has 0 aromatic carbocycles. The Labute approximate surface area is 120 Å². The molecule has 2 bridgehead atoms. The van der Waals surface area contributed by atoms with E-state index in [2.05, 4.69) is 6.92 Å². The monoisotopic (exact) mass is 266 g/mol. The van der Waals surface area contributed by atoms with Crippen molar-refractivity contribution < 1.29 is 5.11 Å². The van der Waals surface area contributed by atoms with E-state index in [4.69, 9.17) is 0 Å². The average Bonchev–Trinajstić information content (AvgIpc) is 3.00. The van der Waals surface area contributed by atoms with Crippen LogP contribution in [0.1, 0.15) is 90.4 Å². The van der Waals surface area contributed by atoms with Crippen molar-refractivity contribution in [2.45, 2.75) is 96.5 Å². The number of aliphatic hydroxyl groups excluding tert-OH is 1. The van der Waals surface area contributed by atoms with Crippen molar-refractivity contribution in [2.75, 3.05) is 0 Å². The quantitative estimate of drug-likeness (QED) is 0.531. The molecule has 2 aliphatic rings. The van der Waals surface area contributed by atoms with Gasteiger partial charge in [-0.2, -0.15) is 0 Å². The third-order valence-corrected chi connectivity index (χ3v) is 5.60. The smallest absolute Gasteiger partial charge is 0.0543 e. The van der Waals surface area contributed by atoms with Gasteiger partial charge in [-0.15, -0.1) is 0 Å². The molecular weight excluding hydrogens is 232 g/mol. The van der Waals surface area contributed by atoms with E-state index in [1.54, 1.807) is 0 Å². The van der Waals surface area contributed by atoms with Crippen molar-refractivity contribution in [1.82, 2.24) is 0 Å². The Morgan fingerprint density at radius 2 is 1.68 bits per heavy atom. The predicted molar refractivity (Wildman–Crippen MR) is 82.2 cm³/mol. The second-order valence-electron chi connectivity index (χ2n) is 7.23. The van der Waals surface area contributed by atoms with E-state index in [0.29, 0.717) is 0 Å². The first-order valence-electron chi connectivity index (χ1n) is 8.97. The van der Waals surface area contributed by atoms with Crippen LogP contribution in [-0.2, 0) is 0 Å². The number of fused-ring (bicyclic) bond motifs is 2. The molecule has 1 nitrogen and oxygen atoms in total. The molecular formula is C18H34O. The highest BCUT2D eigenvalue weighted by Crippen LogP contribution is 2.50. The largest absolute Gasteiger partial charge is 0.393 e. The highest BCUT2D eigenvalue weighted by Gasteiger charge is 2.39. The summed E-state index contributed by atoms with van der Waals surface area (Å²) in [6.07, 6.45) is 17.5. The fraction of sp³-hybridized carbons (Fsp3) is 1.00. The number of aliphatic hydroxyl groups is 1. The molecule has 2 rings (SSSR count). The van der Waals surface area contributed by atoms with Crippen LogP contribution in [0.4, 0.5) is 0 Å². The van der Waals surface area contributed by atoms with E-state index in [0.717, 1.165) is 30.6 Å². The van der Waals surface area contributed by atoms with Crippen LogP contribution in [0, 0.1) is 17.8 Å². The molecule has 0 amide bonds. The van der Waals surface area contributed by atoms with Gasteiger partial charge in [-0.3, -0.25) is 0 Å². The Balaban J connectivity index is 1.45. The fourth-order valence-corrected chi connectivity index (χ4v) is 4.47. The lowest BCUT2D eigenvalue weighted by Crippen LogP contribution is -2.18. The van der Waals surface area contributed by atoms with Crippen LogP contribution in [-0.4, -0.2) is 11.2 Å². The second kappa shape index (κ2) is 8.29. The van der Waals surface area contributed by atoms with Gasteiger partial charge in [0, 0.05) is 0 Å². The predicted octanol–water partition coefficient (Wildman–Crippen LogP) is 5.31. The van der Waals surface area contributed by atoms with Gasteiger partial charge < -0.3 is 5.11 Å². The van der Waals surface area contributed by atoms with Crippen molar-refractivity contribution in [3.8, 4) is 0 Å². The van der Waals surface area contributed by atoms with Crippen LogP contribution in [0.5, 0.6) is 0 Å². The van der Waals surface area contributed by atoms with Gasteiger partial charge in [0.15, 0.2) is 0 Å². The lowest BCUT2D eigenvalue weighted by Gasteiger charge is -2.24. The van der Waals surface area contributed by atoms with E-state index in [-0.39, 0.29) is 6.10 Å². The maximum atomic E-state index is 10.2. The maximum absolute atomic E-state index is 10.2. The highest BCUT2D eigenvalue weighted by molar-refractivity contribution is 4.90. The normalized spacial score (nSPS) is 30.9. The minimum Gasteiger partial charge on any atom is -0.393 e. The van der Waals surface area contributed by atoms with Crippen LogP contribution < -0.4 is 0 Å². The third kappa shape index (κ3) is 5.10. The summed E-state index contributed by atoms with van der Waals surface area (Å²) in [5, 5.41) is 10.2. The molecule has 2 fully saturated rings. The Morgan fingerprint density at radius 3 is 2.32 bits per heavy atom. The molecule has 0 aliphatic heterocycles. The zero-order chi connectivity index (χ0) is 13.5. The molecule has 112 valence electrons. The van der Waals surface area contributed by atoms with Gasteiger partial charge in [-0.25, -0.2) is 0 Å². The molecule has 1 heteroatoms. The Kier molecular flexibility index (Phi) is 6.70. The summed E-state index contributed by atoms with van der Waals surface area (Å²) in [6.45, 7) is 2.27. The molecule has 19 heavy (non-hydrogen) atoms. The number of hydrogen-bond acceptors (Lipinski definition) is 1. The molecule has 0 heterocycles. The van der Waals surface area contributed by atoms with Crippen LogP contribution in [0.25, 0.3) is 0 Å². The Hall–Kier alpha value is -0.0400. The summed E-state index contributed by atoms with van der Waals surface area (Å²) >= 11 is 0. The van der Waals surface area contributed by atoms with Gasteiger partial charge in [0.05, 0.1) is 6.10 Å². The molecule has 0 spiro atoms. The van der Waals surface area contributed by atoms with Crippen LogP contribution in [0.15, 0.2) is 0 Å². The molecule has 4 atom stereocenters. The molecule has 0 aromatic rings. The topological polar surface area (TPSA) is 20.2 Å². The van der Waals surface area contributed by atoms with Gasteiger partial charge >= 0.3 is 0 Å². The highest BCUT2D eigenvalue weighted by atomic mass is 16.3. The zero-order valence-electron chi connectivity index (χ0n) is 12.9. The van der Waals surface area contributed by atoms with Crippen LogP contribution in [0.2, 0.25) is 0 Å². The molecule has 2 aliphatic carbocycles. The fourth-order valence-electron chi connectivity index (χ4n) is 4.47. The Bertz CT molecular complexity index is 238. The first-order chi connectivity index (χ1) is 9.29. The van der Waals surface area contributed by atoms with Crippen molar-refractivity contribution in [3.05, 3.63) is 0 Å². The van der Waals surface area contributed by atoms with E-state index in [1.165, 1.54) is 70.6 Å². The zero-order valence-corrected chi connectivity index (χ0v) is 12.9. The Morgan fingerprint density at radius 1 is 0.947 bits per heavy atom. The first-order valence-corrected chi connectivity index (χ1v) is 8.97. The van der Waals surface area contributed by atoms with E-state index >= 15 is 0 Å². The SMILES string of the molecule is CCCCCCCCCC(O)CC1CC2CCC1C2. The minimum atomic E-state index is -0.00000758. The molecule has 1 N–H and O–H groups in total. The number of unbranched alkanes of at least 4 members (excludes halogenated alkanes) is 6. The molecule has 0 saturated heterocycles. The lowest BCUT2D eigenvalue weighted by atomic mass is 9.84. The maximum Gasteiger partial charge on any atom is 0.0543 e. The van der Waals surface area contributed by atoms with Crippen LogP contribution in [0.3, 0.4) is 0 Å². The standard InChI is InChI=1S/C18H34O/c1-2-3-4-5-6-7-8-9-18(19)14-17-13-15-10-11-16(17)12-15/h15-19H,2-14H2,1H3. The van der Waals surface area contributed by atoms with Crippen molar-refractivity contribution >= 4 is 0 Å². The molecule has 0 radical (unpaired) electrons. The third-order valence-electron chi connectivity index (χ3n) is 5.60. The van der Waals surface area contributed by atoms with Crippen molar-refractivity contribution in [2.24, 2.45) is 17.8 Å². The van der Waals surface area contributed by atoms with Gasteiger partial charge in [-0.05, 0) is 49.9 Å². The van der Waals surface area contributed by atoms with E-state index in [1.807, 2.05) is 0 Å². The summed E-state index contributed by atoms with van der Waals surface area (Å²) in [6, 6.07) is 0. The van der Waals surface area contributed by atoms with Gasteiger partial charge in [0.1, 0.15) is 0 Å². The van der Waals surface area contributed by atoms with Gasteiger partial charge in [-0.1, -0.05) is 58.3 Å². The molecule has 0 aromatic heterocycles. The second-order valence-corrected chi connectivity index (χ2v) is 7.23.